The Kier molecular flexibility index (Phi) is 4.61. The van der Waals surface area contributed by atoms with Crippen LogP contribution in [0.1, 0.15) is 31.9 Å². The second kappa shape index (κ2) is 6.57. The van der Waals surface area contributed by atoms with Crippen molar-refractivity contribution in [3.63, 3.8) is 0 Å². The Labute approximate surface area is 154 Å². The van der Waals surface area contributed by atoms with Crippen LogP contribution in [0.5, 0.6) is 5.75 Å². The number of allylic oxidation sites excluding steroid dienone is 1. The van der Waals surface area contributed by atoms with E-state index in [0.717, 1.165) is 22.7 Å². The van der Waals surface area contributed by atoms with E-state index >= 15 is 0 Å². The van der Waals surface area contributed by atoms with Gasteiger partial charge in [-0.3, -0.25) is 4.99 Å². The molecule has 1 aliphatic rings. The monoisotopic (exact) mass is 354 g/mol. The van der Waals surface area contributed by atoms with Crippen LogP contribution in [0.25, 0.3) is 5.57 Å². The average molecular weight is 355 g/mol. The maximum Gasteiger partial charge on any atom is 0.129 e. The van der Waals surface area contributed by atoms with Gasteiger partial charge in [0.15, 0.2) is 0 Å². The number of benzene rings is 2. The number of halogens is 1. The third-order valence-corrected chi connectivity index (χ3v) is 5.08. The second-order valence-electron chi connectivity index (χ2n) is 6.86. The summed E-state index contributed by atoms with van der Waals surface area (Å²) in [5, 5.41) is 0.633. The Morgan fingerprint density at radius 1 is 1.20 bits per heavy atom. The summed E-state index contributed by atoms with van der Waals surface area (Å²) in [7, 11) is 3.80. The molecule has 0 bridgehead atoms. The lowest BCUT2D eigenvalue weighted by molar-refractivity contribution is 0.414. The van der Waals surface area contributed by atoms with Crippen molar-refractivity contribution in [1.29, 1.82) is 0 Å². The first kappa shape index (κ1) is 17.6. The first-order valence-corrected chi connectivity index (χ1v) is 8.65. The molecule has 25 heavy (non-hydrogen) atoms. The smallest absolute Gasteiger partial charge is 0.129 e. The summed E-state index contributed by atoms with van der Waals surface area (Å²) < 4.78 is 5.61. The lowest BCUT2D eigenvalue weighted by Crippen LogP contribution is -2.42. The second-order valence-corrected chi connectivity index (χ2v) is 7.27. The lowest BCUT2D eigenvalue weighted by Gasteiger charge is -2.40. The van der Waals surface area contributed by atoms with Crippen LogP contribution >= 0.6 is 11.6 Å². The molecule has 1 aliphatic heterocycles. The fraction of sp³-hybridized carbons (Fsp3) is 0.286. The lowest BCUT2D eigenvalue weighted by atomic mass is 9.88. The van der Waals surface area contributed by atoms with Crippen LogP contribution in [-0.2, 0) is 0 Å². The van der Waals surface area contributed by atoms with E-state index in [4.69, 9.17) is 16.3 Å². The average Bonchev–Trinajstić information content (AvgIpc) is 2.58. The maximum atomic E-state index is 6.19. The molecule has 0 unspecified atom stereocenters. The number of likely N-dealkylation sites (N-methyl/N-ethyl adjacent to an activating group) is 1. The Bertz CT molecular complexity index is 868. The van der Waals surface area contributed by atoms with E-state index in [-0.39, 0.29) is 5.54 Å². The normalized spacial score (nSPS) is 15.9. The summed E-state index contributed by atoms with van der Waals surface area (Å²) in [4.78, 5) is 6.81. The van der Waals surface area contributed by atoms with Crippen molar-refractivity contribution < 1.29 is 4.74 Å². The molecule has 1 heterocycles. The topological polar surface area (TPSA) is 24.8 Å². The van der Waals surface area contributed by atoms with Crippen LogP contribution in [-0.4, -0.2) is 25.9 Å². The Morgan fingerprint density at radius 3 is 2.60 bits per heavy atom. The number of anilines is 1. The molecule has 0 saturated heterocycles. The minimum Gasteiger partial charge on any atom is -0.496 e. The summed E-state index contributed by atoms with van der Waals surface area (Å²) in [6.45, 7) is 6.56. The number of aliphatic imine (C=N–C) groups is 1. The van der Waals surface area contributed by atoms with E-state index in [2.05, 4.69) is 55.9 Å². The summed E-state index contributed by atoms with van der Waals surface area (Å²) in [6.07, 6.45) is 4.10. The van der Waals surface area contributed by atoms with Gasteiger partial charge in [-0.05, 0) is 44.5 Å². The molecule has 4 heteroatoms. The molecule has 0 spiro atoms. The molecule has 0 aliphatic carbocycles. The van der Waals surface area contributed by atoms with E-state index in [1.54, 1.807) is 7.11 Å². The molecule has 0 N–H and O–H groups in total. The predicted octanol–water partition coefficient (Wildman–Crippen LogP) is 5.73. The Hall–Kier alpha value is -2.26. The van der Waals surface area contributed by atoms with E-state index in [1.165, 1.54) is 11.1 Å². The van der Waals surface area contributed by atoms with Gasteiger partial charge < -0.3 is 9.64 Å². The molecular weight excluding hydrogens is 332 g/mol. The molecule has 3 nitrogen and oxygen atoms in total. The van der Waals surface area contributed by atoms with Crippen LogP contribution in [0, 0.1) is 0 Å². The minimum atomic E-state index is -0.0325. The standard InChI is InChI=1S/C21H23ClN2O/c1-14-12-21(2,3)24(4)19-11-20(25-5)15(10-16(14)19)13-23-18-9-7-6-8-17(18)22/h6-13H,1-5H3. The number of ether oxygens (including phenoxy) is 1. The summed E-state index contributed by atoms with van der Waals surface area (Å²) >= 11 is 6.19. The number of hydrogen-bond acceptors (Lipinski definition) is 3. The van der Waals surface area contributed by atoms with Crippen LogP contribution in [0.2, 0.25) is 5.02 Å². The number of para-hydroxylation sites is 1. The van der Waals surface area contributed by atoms with Crippen molar-refractivity contribution in [2.45, 2.75) is 26.3 Å². The molecular formula is C21H23ClN2O. The molecule has 0 fully saturated rings. The Morgan fingerprint density at radius 2 is 1.92 bits per heavy atom. The highest BCUT2D eigenvalue weighted by Crippen LogP contribution is 2.41. The molecule has 2 aromatic carbocycles. The molecule has 2 aromatic rings. The van der Waals surface area contributed by atoms with Crippen molar-refractivity contribution in [3.05, 3.63) is 58.6 Å². The number of rotatable bonds is 3. The van der Waals surface area contributed by atoms with Gasteiger partial charge in [-0.15, -0.1) is 0 Å². The number of methoxy groups -OCH3 is 1. The zero-order chi connectivity index (χ0) is 18.2. The van der Waals surface area contributed by atoms with Crippen molar-refractivity contribution in [1.82, 2.24) is 0 Å². The SMILES string of the molecule is COc1cc2c(cc1C=Nc1ccccc1Cl)C(C)=CC(C)(C)N2C. The molecule has 3 rings (SSSR count). The van der Waals surface area contributed by atoms with E-state index in [1.807, 2.05) is 30.5 Å². The van der Waals surface area contributed by atoms with Crippen LogP contribution in [0.3, 0.4) is 0 Å². The van der Waals surface area contributed by atoms with E-state index in [9.17, 15) is 0 Å². The van der Waals surface area contributed by atoms with Crippen molar-refractivity contribution in [2.75, 3.05) is 19.1 Å². The first-order valence-electron chi connectivity index (χ1n) is 8.28. The molecule has 0 saturated carbocycles. The molecule has 0 atom stereocenters. The first-order chi connectivity index (χ1) is 11.8. The van der Waals surface area contributed by atoms with Crippen LogP contribution in [0.4, 0.5) is 11.4 Å². The largest absolute Gasteiger partial charge is 0.496 e. The zero-order valence-corrected chi connectivity index (χ0v) is 16.1. The Balaban J connectivity index is 2.08. The van der Waals surface area contributed by atoms with Crippen LogP contribution < -0.4 is 9.64 Å². The minimum absolute atomic E-state index is 0.0325. The predicted molar refractivity (Wildman–Crippen MR) is 108 cm³/mol. The molecule has 0 aromatic heterocycles. The van der Waals surface area contributed by atoms with Crippen molar-refractivity contribution >= 4 is 34.8 Å². The van der Waals surface area contributed by atoms with Gasteiger partial charge >= 0.3 is 0 Å². The number of hydrogen-bond donors (Lipinski definition) is 0. The van der Waals surface area contributed by atoms with Gasteiger partial charge in [0.2, 0.25) is 0 Å². The molecule has 0 amide bonds. The van der Waals surface area contributed by atoms with Crippen LogP contribution in [0.15, 0.2) is 47.5 Å². The van der Waals surface area contributed by atoms with E-state index in [0.29, 0.717) is 5.02 Å². The molecule has 130 valence electrons. The quantitative estimate of drug-likeness (QED) is 0.657. The third-order valence-electron chi connectivity index (χ3n) is 4.76. The van der Waals surface area contributed by atoms with Gasteiger partial charge in [0, 0.05) is 36.1 Å². The maximum absolute atomic E-state index is 6.19. The van der Waals surface area contributed by atoms with Gasteiger partial charge in [0.1, 0.15) is 5.75 Å². The fourth-order valence-corrected chi connectivity index (χ4v) is 3.35. The highest BCUT2D eigenvalue weighted by atomic mass is 35.5. The highest BCUT2D eigenvalue weighted by Gasteiger charge is 2.29. The van der Waals surface area contributed by atoms with Gasteiger partial charge in [0.25, 0.3) is 0 Å². The molecule has 0 radical (unpaired) electrons. The van der Waals surface area contributed by atoms with Gasteiger partial charge in [-0.25, -0.2) is 0 Å². The highest BCUT2D eigenvalue weighted by molar-refractivity contribution is 6.33. The number of fused-ring (bicyclic) bond motifs is 1. The van der Waals surface area contributed by atoms with Gasteiger partial charge in [-0.2, -0.15) is 0 Å². The van der Waals surface area contributed by atoms with Crippen molar-refractivity contribution in [3.8, 4) is 5.75 Å². The van der Waals surface area contributed by atoms with Crippen molar-refractivity contribution in [2.24, 2.45) is 4.99 Å². The van der Waals surface area contributed by atoms with Gasteiger partial charge in [0.05, 0.1) is 23.4 Å². The zero-order valence-electron chi connectivity index (χ0n) is 15.3. The fourth-order valence-electron chi connectivity index (χ4n) is 3.17. The summed E-state index contributed by atoms with van der Waals surface area (Å²) in [6, 6.07) is 11.8. The van der Waals surface area contributed by atoms with Gasteiger partial charge in [-0.1, -0.05) is 29.8 Å². The number of nitrogens with zero attached hydrogens (tertiary/aromatic N) is 2. The third kappa shape index (κ3) is 3.29. The van der Waals surface area contributed by atoms with E-state index < -0.39 is 0 Å². The summed E-state index contributed by atoms with van der Waals surface area (Å²) in [5.74, 6) is 0.798. The summed E-state index contributed by atoms with van der Waals surface area (Å²) in [5.41, 5.74) is 5.26.